The number of amides is 2. The van der Waals surface area contributed by atoms with Crippen LogP contribution < -0.4 is 10.1 Å². The smallest absolute Gasteiger partial charge is 0.265 e. The Kier molecular flexibility index (Phi) is 7.94. The van der Waals surface area contributed by atoms with Crippen LogP contribution in [0.3, 0.4) is 0 Å². The Balaban J connectivity index is 1.37. The third-order valence-corrected chi connectivity index (χ3v) is 5.91. The Morgan fingerprint density at radius 3 is 2.59 bits per heavy atom. The van der Waals surface area contributed by atoms with Gasteiger partial charge in [-0.25, -0.2) is 0 Å². The third kappa shape index (κ3) is 6.02. The lowest BCUT2D eigenvalue weighted by atomic mass is 10.1. The number of nitrogens with zero attached hydrogens (tertiary/aromatic N) is 1. The average Bonchev–Trinajstić information content (AvgIpc) is 3.31. The first kappa shape index (κ1) is 23.5. The van der Waals surface area contributed by atoms with Gasteiger partial charge in [0.1, 0.15) is 5.75 Å². The summed E-state index contributed by atoms with van der Waals surface area (Å²) in [5.74, 6) is 0.446. The molecule has 1 aliphatic heterocycles. The van der Waals surface area contributed by atoms with Crippen molar-refractivity contribution in [2.24, 2.45) is 0 Å². The SMILES string of the molecule is COCCN(CCCc1ccccc1)C(=O)c1cccc(NC(=O)C2Cc3ccccc3O2)c1. The Labute approximate surface area is 200 Å². The summed E-state index contributed by atoms with van der Waals surface area (Å²) < 4.78 is 11.0. The molecule has 0 saturated carbocycles. The molecular weight excluding hydrogens is 428 g/mol. The lowest BCUT2D eigenvalue weighted by molar-refractivity contribution is -0.122. The first-order valence-corrected chi connectivity index (χ1v) is 11.6. The zero-order valence-electron chi connectivity index (χ0n) is 19.4. The van der Waals surface area contributed by atoms with Gasteiger partial charge in [-0.05, 0) is 48.2 Å². The van der Waals surface area contributed by atoms with Crippen molar-refractivity contribution < 1.29 is 19.1 Å². The number of hydrogen-bond acceptors (Lipinski definition) is 4. The number of ether oxygens (including phenoxy) is 2. The number of rotatable bonds is 10. The van der Waals surface area contributed by atoms with Crippen molar-refractivity contribution in [2.75, 3.05) is 32.1 Å². The molecule has 3 aromatic carbocycles. The van der Waals surface area contributed by atoms with Crippen LogP contribution in [0.4, 0.5) is 5.69 Å². The number of carbonyl (C=O) groups excluding carboxylic acids is 2. The van der Waals surface area contributed by atoms with Crippen molar-refractivity contribution in [3.8, 4) is 5.75 Å². The van der Waals surface area contributed by atoms with Crippen molar-refractivity contribution in [3.05, 3.63) is 95.6 Å². The molecule has 0 radical (unpaired) electrons. The molecular formula is C28H30N2O4. The largest absolute Gasteiger partial charge is 0.480 e. The molecule has 3 aromatic rings. The number of fused-ring (bicyclic) bond motifs is 1. The number of methoxy groups -OCH3 is 1. The molecule has 0 saturated heterocycles. The predicted molar refractivity (Wildman–Crippen MR) is 132 cm³/mol. The number of anilines is 1. The average molecular weight is 459 g/mol. The molecule has 4 rings (SSSR count). The summed E-state index contributed by atoms with van der Waals surface area (Å²) in [6, 6.07) is 25.0. The Morgan fingerprint density at radius 2 is 1.79 bits per heavy atom. The number of benzene rings is 3. The summed E-state index contributed by atoms with van der Waals surface area (Å²) in [5.41, 5.74) is 3.38. The normalized spacial score (nSPS) is 14.2. The number of para-hydroxylation sites is 1. The quantitative estimate of drug-likeness (QED) is 0.491. The summed E-state index contributed by atoms with van der Waals surface area (Å²) in [6.07, 6.45) is 1.72. The molecule has 1 atom stereocenters. The molecule has 2 amide bonds. The minimum Gasteiger partial charge on any atom is -0.480 e. The fraction of sp³-hybridized carbons (Fsp3) is 0.286. The van der Waals surface area contributed by atoms with Gasteiger partial charge in [0.05, 0.1) is 6.61 Å². The van der Waals surface area contributed by atoms with Gasteiger partial charge < -0.3 is 19.7 Å². The fourth-order valence-electron chi connectivity index (χ4n) is 4.10. The molecule has 176 valence electrons. The van der Waals surface area contributed by atoms with Crippen LogP contribution in [0.25, 0.3) is 0 Å². The second kappa shape index (κ2) is 11.5. The number of hydrogen-bond donors (Lipinski definition) is 1. The van der Waals surface area contributed by atoms with E-state index in [9.17, 15) is 9.59 Å². The minimum atomic E-state index is -0.576. The number of aryl methyl sites for hydroxylation is 1. The second-order valence-electron chi connectivity index (χ2n) is 8.36. The highest BCUT2D eigenvalue weighted by Gasteiger charge is 2.29. The molecule has 0 bridgehead atoms. The fourth-order valence-corrected chi connectivity index (χ4v) is 4.10. The Morgan fingerprint density at radius 1 is 1.00 bits per heavy atom. The van der Waals surface area contributed by atoms with Crippen LogP contribution >= 0.6 is 0 Å². The van der Waals surface area contributed by atoms with Crippen LogP contribution in [0.5, 0.6) is 5.75 Å². The van der Waals surface area contributed by atoms with Crippen LogP contribution in [0.15, 0.2) is 78.9 Å². The summed E-state index contributed by atoms with van der Waals surface area (Å²) in [7, 11) is 1.63. The van der Waals surface area contributed by atoms with Crippen molar-refractivity contribution >= 4 is 17.5 Å². The molecule has 0 spiro atoms. The van der Waals surface area contributed by atoms with Gasteiger partial charge in [0.25, 0.3) is 11.8 Å². The lowest BCUT2D eigenvalue weighted by Crippen LogP contribution is -2.35. The van der Waals surface area contributed by atoms with E-state index in [-0.39, 0.29) is 11.8 Å². The molecule has 1 unspecified atom stereocenters. The van der Waals surface area contributed by atoms with Crippen LogP contribution in [-0.2, 0) is 22.4 Å². The highest BCUT2D eigenvalue weighted by molar-refractivity contribution is 5.98. The molecule has 0 fully saturated rings. The van der Waals surface area contributed by atoms with Gasteiger partial charge in [-0.2, -0.15) is 0 Å². The Hall–Kier alpha value is -3.64. The van der Waals surface area contributed by atoms with Crippen LogP contribution in [0.2, 0.25) is 0 Å². The molecule has 0 aliphatic carbocycles. The van der Waals surface area contributed by atoms with Crippen molar-refractivity contribution in [2.45, 2.75) is 25.4 Å². The van der Waals surface area contributed by atoms with E-state index in [1.165, 1.54) is 5.56 Å². The number of carbonyl (C=O) groups is 2. The van der Waals surface area contributed by atoms with Gasteiger partial charge in [0.2, 0.25) is 0 Å². The molecule has 1 heterocycles. The van der Waals surface area contributed by atoms with Crippen molar-refractivity contribution in [1.82, 2.24) is 4.90 Å². The first-order valence-electron chi connectivity index (χ1n) is 11.6. The number of nitrogens with one attached hydrogen (secondary N) is 1. The van der Waals surface area contributed by atoms with E-state index in [4.69, 9.17) is 9.47 Å². The second-order valence-corrected chi connectivity index (χ2v) is 8.36. The summed E-state index contributed by atoms with van der Waals surface area (Å²) >= 11 is 0. The minimum absolute atomic E-state index is 0.0780. The van der Waals surface area contributed by atoms with Gasteiger partial charge in [-0.1, -0.05) is 54.6 Å². The van der Waals surface area contributed by atoms with E-state index in [2.05, 4.69) is 17.4 Å². The molecule has 1 N–H and O–H groups in total. The van der Waals surface area contributed by atoms with E-state index < -0.39 is 6.10 Å². The standard InChI is InChI=1S/C28H30N2O4/c1-33-18-17-30(16-8-11-21-9-3-2-4-10-21)28(32)23-13-7-14-24(19-23)29-27(31)26-20-22-12-5-6-15-25(22)34-26/h2-7,9-10,12-15,19,26H,8,11,16-18,20H2,1H3,(H,29,31). The first-order chi connectivity index (χ1) is 16.6. The lowest BCUT2D eigenvalue weighted by Gasteiger charge is -2.23. The van der Waals surface area contributed by atoms with Gasteiger partial charge in [-0.3, -0.25) is 9.59 Å². The molecule has 34 heavy (non-hydrogen) atoms. The van der Waals surface area contributed by atoms with E-state index in [1.54, 1.807) is 31.4 Å². The monoisotopic (exact) mass is 458 g/mol. The summed E-state index contributed by atoms with van der Waals surface area (Å²) in [6.45, 7) is 1.60. The van der Waals surface area contributed by atoms with E-state index in [0.717, 1.165) is 24.2 Å². The molecule has 6 nitrogen and oxygen atoms in total. The van der Waals surface area contributed by atoms with Crippen molar-refractivity contribution in [1.29, 1.82) is 0 Å². The summed E-state index contributed by atoms with van der Waals surface area (Å²) in [4.78, 5) is 27.8. The highest BCUT2D eigenvalue weighted by Crippen LogP contribution is 2.28. The van der Waals surface area contributed by atoms with Crippen LogP contribution in [0.1, 0.15) is 27.9 Å². The maximum atomic E-state index is 13.3. The maximum absolute atomic E-state index is 13.3. The van der Waals surface area contributed by atoms with Crippen LogP contribution in [-0.4, -0.2) is 49.6 Å². The van der Waals surface area contributed by atoms with E-state index >= 15 is 0 Å². The van der Waals surface area contributed by atoms with Crippen LogP contribution in [0, 0.1) is 0 Å². The van der Waals surface area contributed by atoms with E-state index in [1.807, 2.05) is 47.4 Å². The van der Waals surface area contributed by atoms with E-state index in [0.29, 0.717) is 37.4 Å². The molecule has 1 aliphatic rings. The maximum Gasteiger partial charge on any atom is 0.265 e. The molecule has 0 aromatic heterocycles. The zero-order chi connectivity index (χ0) is 23.8. The summed E-state index contributed by atoms with van der Waals surface area (Å²) in [5, 5.41) is 2.90. The van der Waals surface area contributed by atoms with Gasteiger partial charge in [0, 0.05) is 37.9 Å². The topological polar surface area (TPSA) is 67.9 Å². The van der Waals surface area contributed by atoms with Gasteiger partial charge >= 0.3 is 0 Å². The van der Waals surface area contributed by atoms with Gasteiger partial charge in [0.15, 0.2) is 6.10 Å². The van der Waals surface area contributed by atoms with Gasteiger partial charge in [-0.15, -0.1) is 0 Å². The van der Waals surface area contributed by atoms with Crippen molar-refractivity contribution in [3.63, 3.8) is 0 Å². The third-order valence-electron chi connectivity index (χ3n) is 5.91. The predicted octanol–water partition coefficient (Wildman–Crippen LogP) is 4.35. The zero-order valence-corrected chi connectivity index (χ0v) is 19.4. The molecule has 6 heteroatoms. The Bertz CT molecular complexity index is 1090. The highest BCUT2D eigenvalue weighted by atomic mass is 16.5.